The van der Waals surface area contributed by atoms with E-state index in [0.717, 1.165) is 4.47 Å². The number of hydrogen-bond donors (Lipinski definition) is 1. The van der Waals surface area contributed by atoms with Crippen molar-refractivity contribution in [3.05, 3.63) is 28.7 Å². The molecule has 0 radical (unpaired) electrons. The van der Waals surface area contributed by atoms with E-state index in [1.807, 2.05) is 0 Å². The van der Waals surface area contributed by atoms with Gasteiger partial charge in [-0.1, -0.05) is 15.9 Å². The van der Waals surface area contributed by atoms with Gasteiger partial charge in [0, 0.05) is 4.47 Å². The largest absolute Gasteiger partial charge is 0.300 e. The van der Waals surface area contributed by atoms with Crippen LogP contribution in [0.2, 0.25) is 0 Å². The fraction of sp³-hybridized carbons (Fsp3) is 0.200. The highest BCUT2D eigenvalue weighted by Gasteiger charge is 2.26. The van der Waals surface area contributed by atoms with Crippen LogP contribution in [0.15, 0.2) is 28.7 Å². The second-order valence-electron chi connectivity index (χ2n) is 3.20. The van der Waals surface area contributed by atoms with Crippen LogP contribution < -0.4 is 10.2 Å². The van der Waals surface area contributed by atoms with Crippen molar-refractivity contribution in [1.82, 2.24) is 5.32 Å². The van der Waals surface area contributed by atoms with Crippen LogP contribution in [0.4, 0.5) is 5.69 Å². The molecule has 2 amide bonds. The number of nitrogens with one attached hydrogen (secondary N) is 1. The molecule has 0 bridgehead atoms. The Labute approximate surface area is 95.4 Å². The SMILES string of the molecule is O=C1CNCC(=O)N1c1ccc(Br)cc1. The summed E-state index contributed by atoms with van der Waals surface area (Å²) in [6, 6.07) is 7.09. The van der Waals surface area contributed by atoms with Gasteiger partial charge in [0.15, 0.2) is 0 Å². The summed E-state index contributed by atoms with van der Waals surface area (Å²) in [4.78, 5) is 24.3. The summed E-state index contributed by atoms with van der Waals surface area (Å²) in [5, 5.41) is 2.75. The van der Waals surface area contributed by atoms with Gasteiger partial charge < -0.3 is 0 Å². The van der Waals surface area contributed by atoms with Crippen molar-refractivity contribution in [2.45, 2.75) is 0 Å². The zero-order valence-corrected chi connectivity index (χ0v) is 9.45. The first-order valence-electron chi connectivity index (χ1n) is 4.50. The number of rotatable bonds is 1. The van der Waals surface area contributed by atoms with Crippen LogP contribution in [-0.2, 0) is 9.59 Å². The average molecular weight is 269 g/mol. The smallest absolute Gasteiger partial charge is 0.247 e. The van der Waals surface area contributed by atoms with Crippen molar-refractivity contribution in [3.8, 4) is 0 Å². The molecule has 0 atom stereocenters. The summed E-state index contributed by atoms with van der Waals surface area (Å²) in [6.45, 7) is 0.420. The minimum absolute atomic E-state index is 0.210. The number of nitrogens with zero attached hydrogens (tertiary/aromatic N) is 1. The highest BCUT2D eigenvalue weighted by molar-refractivity contribution is 9.10. The molecule has 0 aromatic heterocycles. The maximum Gasteiger partial charge on any atom is 0.247 e. The number of anilines is 1. The van der Waals surface area contributed by atoms with E-state index in [-0.39, 0.29) is 24.9 Å². The normalized spacial score (nSPS) is 17.0. The van der Waals surface area contributed by atoms with Gasteiger partial charge >= 0.3 is 0 Å². The molecule has 0 aliphatic carbocycles. The summed E-state index contributed by atoms with van der Waals surface area (Å²) >= 11 is 3.30. The lowest BCUT2D eigenvalue weighted by Crippen LogP contribution is -2.52. The van der Waals surface area contributed by atoms with Gasteiger partial charge in [0.25, 0.3) is 0 Å². The van der Waals surface area contributed by atoms with Crippen LogP contribution in [-0.4, -0.2) is 24.9 Å². The molecule has 78 valence electrons. The lowest BCUT2D eigenvalue weighted by Gasteiger charge is -2.25. The average Bonchev–Trinajstić information content (AvgIpc) is 2.20. The van der Waals surface area contributed by atoms with Crippen LogP contribution in [0.1, 0.15) is 0 Å². The number of carbonyl (C=O) groups excluding carboxylic acids is 2. The van der Waals surface area contributed by atoms with Gasteiger partial charge in [-0.2, -0.15) is 0 Å². The Kier molecular flexibility index (Phi) is 2.83. The Hall–Kier alpha value is -1.20. The molecule has 0 spiro atoms. The number of amides is 2. The number of piperazine rings is 1. The third-order valence-electron chi connectivity index (χ3n) is 2.14. The summed E-state index contributed by atoms with van der Waals surface area (Å²) in [5.74, 6) is -0.429. The van der Waals surface area contributed by atoms with Gasteiger partial charge in [0.2, 0.25) is 11.8 Å². The van der Waals surface area contributed by atoms with E-state index in [0.29, 0.717) is 5.69 Å². The van der Waals surface area contributed by atoms with Crippen LogP contribution in [0, 0.1) is 0 Å². The lowest BCUT2D eigenvalue weighted by atomic mass is 10.2. The van der Waals surface area contributed by atoms with Crippen molar-refractivity contribution < 1.29 is 9.59 Å². The Bertz CT molecular complexity index is 386. The molecule has 2 rings (SSSR count). The number of carbonyl (C=O) groups is 2. The molecule has 1 heterocycles. The topological polar surface area (TPSA) is 49.4 Å². The molecule has 5 heteroatoms. The van der Waals surface area contributed by atoms with Crippen LogP contribution in [0.25, 0.3) is 0 Å². The zero-order valence-electron chi connectivity index (χ0n) is 7.87. The molecule has 1 fully saturated rings. The maximum atomic E-state index is 11.5. The molecular formula is C10H9BrN2O2. The molecule has 1 aliphatic heterocycles. The fourth-order valence-electron chi connectivity index (χ4n) is 1.45. The summed E-state index contributed by atoms with van der Waals surface area (Å²) in [5.41, 5.74) is 0.620. The van der Waals surface area contributed by atoms with Crippen LogP contribution in [0.3, 0.4) is 0 Å². The van der Waals surface area contributed by atoms with Crippen LogP contribution >= 0.6 is 15.9 Å². The molecule has 1 aromatic carbocycles. The Morgan fingerprint density at radius 1 is 1.07 bits per heavy atom. The molecule has 1 saturated heterocycles. The summed E-state index contributed by atoms with van der Waals surface area (Å²) in [7, 11) is 0. The molecule has 15 heavy (non-hydrogen) atoms. The van der Waals surface area contributed by atoms with Crippen molar-refractivity contribution in [3.63, 3.8) is 0 Å². The summed E-state index contributed by atoms with van der Waals surface area (Å²) < 4.78 is 0.918. The highest BCUT2D eigenvalue weighted by atomic mass is 79.9. The van der Waals surface area contributed by atoms with Crippen molar-refractivity contribution in [1.29, 1.82) is 0 Å². The lowest BCUT2D eigenvalue weighted by molar-refractivity contribution is -0.127. The number of halogens is 1. The third-order valence-corrected chi connectivity index (χ3v) is 2.66. The van der Waals surface area contributed by atoms with Crippen molar-refractivity contribution in [2.75, 3.05) is 18.0 Å². The second kappa shape index (κ2) is 4.12. The monoisotopic (exact) mass is 268 g/mol. The zero-order chi connectivity index (χ0) is 10.8. The summed E-state index contributed by atoms with van der Waals surface area (Å²) in [6.07, 6.45) is 0. The van der Waals surface area contributed by atoms with E-state index >= 15 is 0 Å². The second-order valence-corrected chi connectivity index (χ2v) is 4.12. The van der Waals surface area contributed by atoms with E-state index in [1.54, 1.807) is 24.3 Å². The molecule has 1 aliphatic rings. The van der Waals surface area contributed by atoms with Crippen molar-refractivity contribution >= 4 is 33.4 Å². The fourth-order valence-corrected chi connectivity index (χ4v) is 1.72. The van der Waals surface area contributed by atoms with Gasteiger partial charge in [-0.3, -0.25) is 14.9 Å². The molecule has 1 aromatic rings. The molecule has 1 N–H and O–H groups in total. The number of benzene rings is 1. The molecular weight excluding hydrogens is 260 g/mol. The van der Waals surface area contributed by atoms with E-state index in [4.69, 9.17) is 0 Å². The van der Waals surface area contributed by atoms with Gasteiger partial charge in [0.05, 0.1) is 18.8 Å². The first-order chi connectivity index (χ1) is 7.18. The molecule has 4 nitrogen and oxygen atoms in total. The Morgan fingerprint density at radius 3 is 2.13 bits per heavy atom. The first kappa shape index (κ1) is 10.3. The Balaban J connectivity index is 2.31. The maximum absolute atomic E-state index is 11.5. The first-order valence-corrected chi connectivity index (χ1v) is 5.30. The standard InChI is InChI=1S/C10H9BrN2O2/c11-7-1-3-8(4-2-7)13-9(14)5-12-6-10(13)15/h1-4,12H,5-6H2. The quantitative estimate of drug-likeness (QED) is 0.771. The van der Waals surface area contributed by atoms with Gasteiger partial charge in [0.1, 0.15) is 0 Å². The van der Waals surface area contributed by atoms with Gasteiger partial charge in [-0.25, -0.2) is 4.90 Å². The molecule has 0 unspecified atom stereocenters. The third kappa shape index (κ3) is 2.08. The minimum Gasteiger partial charge on any atom is -0.300 e. The van der Waals surface area contributed by atoms with Crippen molar-refractivity contribution in [2.24, 2.45) is 0 Å². The van der Waals surface area contributed by atoms with E-state index in [1.165, 1.54) is 4.90 Å². The van der Waals surface area contributed by atoms with E-state index in [9.17, 15) is 9.59 Å². The predicted molar refractivity (Wildman–Crippen MR) is 59.5 cm³/mol. The molecule has 0 saturated carbocycles. The van der Waals surface area contributed by atoms with Gasteiger partial charge in [-0.05, 0) is 24.3 Å². The predicted octanol–water partition coefficient (Wildman–Crippen LogP) is 0.912. The highest BCUT2D eigenvalue weighted by Crippen LogP contribution is 2.19. The van der Waals surface area contributed by atoms with E-state index in [2.05, 4.69) is 21.2 Å². The number of imide groups is 1. The Morgan fingerprint density at radius 2 is 1.60 bits per heavy atom. The van der Waals surface area contributed by atoms with Gasteiger partial charge in [-0.15, -0.1) is 0 Å². The minimum atomic E-state index is -0.214. The van der Waals surface area contributed by atoms with Crippen LogP contribution in [0.5, 0.6) is 0 Å². The number of hydrogen-bond acceptors (Lipinski definition) is 3. The van der Waals surface area contributed by atoms with E-state index < -0.39 is 0 Å².